The van der Waals surface area contributed by atoms with Gasteiger partial charge in [-0.25, -0.2) is 0 Å². The second-order valence-corrected chi connectivity index (χ2v) is 3.96. The molecular formula is C14H21N. The van der Waals surface area contributed by atoms with E-state index >= 15 is 0 Å². The van der Waals surface area contributed by atoms with Gasteiger partial charge >= 0.3 is 0 Å². The molecule has 0 fully saturated rings. The van der Waals surface area contributed by atoms with Crippen molar-refractivity contribution in [2.75, 3.05) is 6.54 Å². The SMILES string of the molecule is C=CCC[C@@H](C)NCCc1ccccc1. The number of allylic oxidation sites excluding steroid dienone is 1. The molecule has 1 aromatic rings. The minimum atomic E-state index is 0.590. The highest BCUT2D eigenvalue weighted by atomic mass is 14.9. The highest BCUT2D eigenvalue weighted by Crippen LogP contribution is 2.00. The maximum Gasteiger partial charge on any atom is 0.00418 e. The van der Waals surface area contributed by atoms with Gasteiger partial charge in [0.15, 0.2) is 0 Å². The molecule has 0 saturated carbocycles. The summed E-state index contributed by atoms with van der Waals surface area (Å²) < 4.78 is 0. The van der Waals surface area contributed by atoms with Gasteiger partial charge in [-0.15, -0.1) is 6.58 Å². The van der Waals surface area contributed by atoms with Crippen molar-refractivity contribution in [3.05, 3.63) is 48.6 Å². The van der Waals surface area contributed by atoms with Crippen LogP contribution in [0.15, 0.2) is 43.0 Å². The quantitative estimate of drug-likeness (QED) is 0.671. The first-order valence-corrected chi connectivity index (χ1v) is 5.71. The summed E-state index contributed by atoms with van der Waals surface area (Å²) >= 11 is 0. The Labute approximate surface area is 93.2 Å². The van der Waals surface area contributed by atoms with Crippen LogP contribution in [0.4, 0.5) is 0 Å². The number of nitrogens with one attached hydrogen (secondary N) is 1. The third-order valence-corrected chi connectivity index (χ3v) is 2.55. The summed E-state index contributed by atoms with van der Waals surface area (Å²) in [5.41, 5.74) is 1.40. The first-order valence-electron chi connectivity index (χ1n) is 5.71. The molecule has 0 aliphatic carbocycles. The molecule has 0 aliphatic heterocycles. The van der Waals surface area contributed by atoms with E-state index in [9.17, 15) is 0 Å². The predicted molar refractivity (Wildman–Crippen MR) is 67.0 cm³/mol. The van der Waals surface area contributed by atoms with Gasteiger partial charge in [-0.2, -0.15) is 0 Å². The monoisotopic (exact) mass is 203 g/mol. The molecule has 0 spiro atoms. The molecule has 1 N–H and O–H groups in total. The zero-order valence-corrected chi connectivity index (χ0v) is 9.58. The normalized spacial score (nSPS) is 12.3. The number of hydrogen-bond donors (Lipinski definition) is 1. The Kier molecular flexibility index (Phi) is 5.79. The van der Waals surface area contributed by atoms with Gasteiger partial charge in [-0.3, -0.25) is 0 Å². The Morgan fingerprint density at radius 3 is 2.73 bits per heavy atom. The van der Waals surface area contributed by atoms with E-state index in [0.29, 0.717) is 6.04 Å². The minimum absolute atomic E-state index is 0.590. The summed E-state index contributed by atoms with van der Waals surface area (Å²) in [5.74, 6) is 0. The summed E-state index contributed by atoms with van der Waals surface area (Å²) in [6.45, 7) is 7.02. The Bertz CT molecular complexity index is 266. The largest absolute Gasteiger partial charge is 0.314 e. The molecule has 1 rings (SSSR count). The second kappa shape index (κ2) is 7.24. The summed E-state index contributed by atoms with van der Waals surface area (Å²) in [6.07, 6.45) is 5.37. The average molecular weight is 203 g/mol. The molecule has 1 heteroatoms. The Morgan fingerprint density at radius 2 is 2.07 bits per heavy atom. The van der Waals surface area contributed by atoms with Crippen LogP contribution in [0.5, 0.6) is 0 Å². The molecule has 0 aliphatic rings. The smallest absolute Gasteiger partial charge is 0.00418 e. The lowest BCUT2D eigenvalue weighted by molar-refractivity contribution is 0.521. The molecule has 0 heterocycles. The minimum Gasteiger partial charge on any atom is -0.314 e. The predicted octanol–water partition coefficient (Wildman–Crippen LogP) is 3.17. The van der Waals surface area contributed by atoms with Crippen LogP contribution in [-0.4, -0.2) is 12.6 Å². The van der Waals surface area contributed by atoms with Gasteiger partial charge in [0.2, 0.25) is 0 Å². The van der Waals surface area contributed by atoms with Gasteiger partial charge in [0.25, 0.3) is 0 Å². The van der Waals surface area contributed by atoms with Crippen molar-refractivity contribution in [1.29, 1.82) is 0 Å². The van der Waals surface area contributed by atoms with Crippen molar-refractivity contribution in [1.82, 2.24) is 5.32 Å². The van der Waals surface area contributed by atoms with Gasteiger partial charge in [-0.1, -0.05) is 36.4 Å². The molecule has 0 aromatic heterocycles. The molecule has 0 bridgehead atoms. The molecule has 1 atom stereocenters. The molecule has 0 radical (unpaired) electrons. The van der Waals surface area contributed by atoms with Gasteiger partial charge < -0.3 is 5.32 Å². The third-order valence-electron chi connectivity index (χ3n) is 2.55. The fourth-order valence-corrected chi connectivity index (χ4v) is 1.58. The summed E-state index contributed by atoms with van der Waals surface area (Å²) in [5, 5.41) is 3.52. The molecule has 1 aromatic carbocycles. The van der Waals surface area contributed by atoms with Crippen LogP contribution in [0, 0.1) is 0 Å². The number of benzene rings is 1. The molecule has 0 unspecified atom stereocenters. The third kappa shape index (κ3) is 5.38. The van der Waals surface area contributed by atoms with Crippen molar-refractivity contribution in [2.45, 2.75) is 32.2 Å². The highest BCUT2D eigenvalue weighted by Gasteiger charge is 1.98. The zero-order valence-electron chi connectivity index (χ0n) is 9.58. The Balaban J connectivity index is 2.13. The van der Waals surface area contributed by atoms with Gasteiger partial charge in [0.05, 0.1) is 0 Å². The van der Waals surface area contributed by atoms with Crippen LogP contribution in [0.25, 0.3) is 0 Å². The fraction of sp³-hybridized carbons (Fsp3) is 0.429. The lowest BCUT2D eigenvalue weighted by Crippen LogP contribution is -2.27. The van der Waals surface area contributed by atoms with E-state index in [-0.39, 0.29) is 0 Å². The van der Waals surface area contributed by atoms with E-state index in [2.05, 4.69) is 49.2 Å². The molecule has 1 nitrogen and oxygen atoms in total. The van der Waals surface area contributed by atoms with Crippen molar-refractivity contribution in [3.63, 3.8) is 0 Å². The van der Waals surface area contributed by atoms with Crippen LogP contribution in [0.3, 0.4) is 0 Å². The van der Waals surface area contributed by atoms with Crippen molar-refractivity contribution >= 4 is 0 Å². The van der Waals surface area contributed by atoms with Crippen LogP contribution in [0.2, 0.25) is 0 Å². The van der Waals surface area contributed by atoms with E-state index in [4.69, 9.17) is 0 Å². The van der Waals surface area contributed by atoms with Gasteiger partial charge in [-0.05, 0) is 38.3 Å². The van der Waals surface area contributed by atoms with Crippen molar-refractivity contribution in [2.24, 2.45) is 0 Å². The maximum atomic E-state index is 3.73. The first-order chi connectivity index (χ1) is 7.33. The number of rotatable bonds is 7. The topological polar surface area (TPSA) is 12.0 Å². The molecule has 0 saturated heterocycles. The zero-order chi connectivity index (χ0) is 10.9. The highest BCUT2D eigenvalue weighted by molar-refractivity contribution is 5.14. The van der Waals surface area contributed by atoms with Crippen LogP contribution in [-0.2, 0) is 6.42 Å². The molecule has 0 amide bonds. The van der Waals surface area contributed by atoms with E-state index in [1.807, 2.05) is 6.08 Å². The lowest BCUT2D eigenvalue weighted by atomic mass is 10.1. The maximum absolute atomic E-state index is 3.73. The van der Waals surface area contributed by atoms with Crippen LogP contribution >= 0.6 is 0 Å². The standard InChI is InChI=1S/C14H21N/c1-3-4-8-13(2)15-12-11-14-9-6-5-7-10-14/h3,5-7,9-10,13,15H,1,4,8,11-12H2,2H3/t13-/m1/s1. The van der Waals surface area contributed by atoms with Crippen LogP contribution < -0.4 is 5.32 Å². The summed E-state index contributed by atoms with van der Waals surface area (Å²) in [4.78, 5) is 0. The first kappa shape index (κ1) is 12.0. The van der Waals surface area contributed by atoms with Crippen molar-refractivity contribution in [3.8, 4) is 0 Å². The Hall–Kier alpha value is -1.08. The molecule has 82 valence electrons. The summed E-state index contributed by atoms with van der Waals surface area (Å²) in [7, 11) is 0. The van der Waals surface area contributed by atoms with E-state index in [1.54, 1.807) is 0 Å². The van der Waals surface area contributed by atoms with Crippen molar-refractivity contribution < 1.29 is 0 Å². The Morgan fingerprint density at radius 1 is 1.33 bits per heavy atom. The van der Waals surface area contributed by atoms with Gasteiger partial charge in [0.1, 0.15) is 0 Å². The van der Waals surface area contributed by atoms with E-state index < -0.39 is 0 Å². The van der Waals surface area contributed by atoms with E-state index in [0.717, 1.165) is 19.4 Å². The fourth-order valence-electron chi connectivity index (χ4n) is 1.58. The molecular weight excluding hydrogens is 182 g/mol. The average Bonchev–Trinajstić information content (AvgIpc) is 2.28. The molecule has 15 heavy (non-hydrogen) atoms. The van der Waals surface area contributed by atoms with Crippen LogP contribution in [0.1, 0.15) is 25.3 Å². The second-order valence-electron chi connectivity index (χ2n) is 3.96. The number of hydrogen-bond acceptors (Lipinski definition) is 1. The van der Waals surface area contributed by atoms with E-state index in [1.165, 1.54) is 12.0 Å². The summed E-state index contributed by atoms with van der Waals surface area (Å²) in [6, 6.07) is 11.2. The van der Waals surface area contributed by atoms with Gasteiger partial charge in [0, 0.05) is 6.04 Å². The lowest BCUT2D eigenvalue weighted by Gasteiger charge is -2.12.